The number of carbonyl (C=O) groups is 3. The second kappa shape index (κ2) is 7.82. The maximum atomic E-state index is 13.3. The lowest BCUT2D eigenvalue weighted by Crippen LogP contribution is -2.45. The van der Waals surface area contributed by atoms with Crippen molar-refractivity contribution in [2.45, 2.75) is 25.0 Å². The Bertz CT molecular complexity index is 864. The Labute approximate surface area is 167 Å². The molecule has 2 atom stereocenters. The van der Waals surface area contributed by atoms with E-state index < -0.39 is 11.9 Å². The van der Waals surface area contributed by atoms with Crippen molar-refractivity contribution in [3.8, 4) is 0 Å². The molecule has 0 bridgehead atoms. The van der Waals surface area contributed by atoms with Gasteiger partial charge in [-0.3, -0.25) is 14.5 Å². The van der Waals surface area contributed by atoms with Crippen molar-refractivity contribution in [2.75, 3.05) is 33.3 Å². The normalized spacial score (nSPS) is 24.1. The molecule has 0 saturated carbocycles. The Hall–Kier alpha value is -2.94. The van der Waals surface area contributed by atoms with Gasteiger partial charge in [-0.15, -0.1) is 0 Å². The van der Waals surface area contributed by atoms with E-state index >= 15 is 0 Å². The molecule has 3 heterocycles. The van der Waals surface area contributed by atoms with Gasteiger partial charge in [0.2, 0.25) is 5.91 Å². The second-order valence-electron chi connectivity index (χ2n) is 7.45. The van der Waals surface area contributed by atoms with Gasteiger partial charge in [-0.25, -0.2) is 9.18 Å². The maximum absolute atomic E-state index is 13.3. The summed E-state index contributed by atoms with van der Waals surface area (Å²) in [6.07, 6.45) is 1.92. The highest BCUT2D eigenvalue weighted by atomic mass is 19.1. The molecule has 3 aliphatic rings. The maximum Gasteiger partial charge on any atom is 0.322 e. The Balaban J connectivity index is 1.48. The minimum absolute atomic E-state index is 0.0235. The van der Waals surface area contributed by atoms with E-state index in [1.54, 1.807) is 19.2 Å². The third-order valence-corrected chi connectivity index (χ3v) is 5.52. The van der Waals surface area contributed by atoms with Crippen molar-refractivity contribution < 1.29 is 23.5 Å². The standard InChI is InChI=1S/C20H23FN4O4/c1-24-15-10-25(11-16(26)22-9-14-3-2-8-29-14)19(27)17(15)18(23-20(24)28)12-4-6-13(21)7-5-12/h4-7,14,18H,2-3,8-11H2,1H3,(H,22,26)(H,23,28). The third kappa shape index (κ3) is 3.82. The molecule has 4 amide bonds. The van der Waals surface area contributed by atoms with Gasteiger partial charge in [-0.1, -0.05) is 12.1 Å². The fourth-order valence-electron chi connectivity index (χ4n) is 3.92. The molecular weight excluding hydrogens is 379 g/mol. The van der Waals surface area contributed by atoms with Crippen LogP contribution in [0, 0.1) is 5.82 Å². The SMILES string of the molecule is CN1C(=O)NC(c2ccc(F)cc2)C2=C1CN(CC(=O)NCC1CCCO1)C2=O. The van der Waals surface area contributed by atoms with E-state index in [4.69, 9.17) is 4.74 Å². The zero-order chi connectivity index (χ0) is 20.5. The van der Waals surface area contributed by atoms with Crippen molar-refractivity contribution >= 4 is 17.8 Å². The smallest absolute Gasteiger partial charge is 0.322 e. The van der Waals surface area contributed by atoms with E-state index in [1.165, 1.54) is 21.9 Å². The molecule has 154 valence electrons. The second-order valence-corrected chi connectivity index (χ2v) is 7.45. The van der Waals surface area contributed by atoms with Gasteiger partial charge in [0.25, 0.3) is 5.91 Å². The molecule has 1 aromatic rings. The molecule has 2 unspecified atom stereocenters. The summed E-state index contributed by atoms with van der Waals surface area (Å²) in [7, 11) is 1.58. The van der Waals surface area contributed by atoms with E-state index in [2.05, 4.69) is 10.6 Å². The molecule has 0 radical (unpaired) electrons. The zero-order valence-electron chi connectivity index (χ0n) is 16.1. The summed E-state index contributed by atoms with van der Waals surface area (Å²) in [5, 5.41) is 5.59. The topological polar surface area (TPSA) is 91.0 Å². The number of likely N-dealkylation sites (N-methyl/N-ethyl adjacent to an activating group) is 1. The van der Waals surface area contributed by atoms with Crippen LogP contribution in [0.2, 0.25) is 0 Å². The third-order valence-electron chi connectivity index (χ3n) is 5.52. The molecule has 9 heteroatoms. The number of carbonyl (C=O) groups excluding carboxylic acids is 3. The quantitative estimate of drug-likeness (QED) is 0.766. The van der Waals surface area contributed by atoms with Crippen LogP contribution in [0.3, 0.4) is 0 Å². The van der Waals surface area contributed by atoms with E-state index in [9.17, 15) is 18.8 Å². The number of hydrogen-bond acceptors (Lipinski definition) is 4. The lowest BCUT2D eigenvalue weighted by molar-refractivity contribution is -0.132. The van der Waals surface area contributed by atoms with Crippen molar-refractivity contribution in [1.29, 1.82) is 0 Å². The van der Waals surface area contributed by atoms with Crippen LogP contribution in [0.5, 0.6) is 0 Å². The molecule has 1 fully saturated rings. The molecular formula is C20H23FN4O4. The van der Waals surface area contributed by atoms with Gasteiger partial charge in [0.15, 0.2) is 0 Å². The van der Waals surface area contributed by atoms with Crippen molar-refractivity contribution in [3.63, 3.8) is 0 Å². The van der Waals surface area contributed by atoms with Gasteiger partial charge >= 0.3 is 6.03 Å². The molecule has 8 nitrogen and oxygen atoms in total. The Morgan fingerprint density at radius 3 is 2.76 bits per heavy atom. The zero-order valence-corrected chi connectivity index (χ0v) is 16.1. The van der Waals surface area contributed by atoms with Gasteiger partial charge < -0.3 is 20.3 Å². The van der Waals surface area contributed by atoms with E-state index in [0.717, 1.165) is 12.8 Å². The fraction of sp³-hybridized carbons (Fsp3) is 0.450. The van der Waals surface area contributed by atoms with Crippen molar-refractivity contribution in [3.05, 3.63) is 46.9 Å². The molecule has 2 N–H and O–H groups in total. The average Bonchev–Trinajstić information content (AvgIpc) is 3.33. The largest absolute Gasteiger partial charge is 0.376 e. The predicted molar refractivity (Wildman–Crippen MR) is 101 cm³/mol. The average molecular weight is 402 g/mol. The summed E-state index contributed by atoms with van der Waals surface area (Å²) < 4.78 is 18.8. The molecule has 29 heavy (non-hydrogen) atoms. The van der Waals surface area contributed by atoms with E-state index in [0.29, 0.717) is 30.0 Å². The van der Waals surface area contributed by atoms with Crippen LogP contribution >= 0.6 is 0 Å². The number of ether oxygens (including phenoxy) is 1. The predicted octanol–water partition coefficient (Wildman–Crippen LogP) is 0.913. The first-order valence-corrected chi connectivity index (χ1v) is 9.64. The van der Waals surface area contributed by atoms with E-state index in [1.807, 2.05) is 0 Å². The number of nitrogens with zero attached hydrogens (tertiary/aromatic N) is 2. The van der Waals surface area contributed by atoms with Crippen molar-refractivity contribution in [1.82, 2.24) is 20.4 Å². The lowest BCUT2D eigenvalue weighted by atomic mass is 9.96. The monoisotopic (exact) mass is 402 g/mol. The van der Waals surface area contributed by atoms with Crippen LogP contribution in [-0.4, -0.2) is 67.0 Å². The highest BCUT2D eigenvalue weighted by molar-refractivity contribution is 6.02. The lowest BCUT2D eigenvalue weighted by Gasteiger charge is -2.31. The molecule has 0 aliphatic carbocycles. The van der Waals surface area contributed by atoms with Crippen LogP contribution in [0.1, 0.15) is 24.4 Å². The molecule has 1 aromatic carbocycles. The van der Waals surface area contributed by atoms with Gasteiger partial charge in [0.05, 0.1) is 30.0 Å². The van der Waals surface area contributed by atoms with E-state index in [-0.39, 0.29) is 37.0 Å². The van der Waals surface area contributed by atoms with Crippen LogP contribution in [0.25, 0.3) is 0 Å². The number of benzene rings is 1. The van der Waals surface area contributed by atoms with Gasteiger partial charge in [0.1, 0.15) is 12.4 Å². The Kier molecular flexibility index (Phi) is 5.23. The highest BCUT2D eigenvalue weighted by Crippen LogP contribution is 2.35. The van der Waals surface area contributed by atoms with Gasteiger partial charge in [-0.2, -0.15) is 0 Å². The number of urea groups is 1. The number of nitrogens with one attached hydrogen (secondary N) is 2. The van der Waals surface area contributed by atoms with Gasteiger partial charge in [0, 0.05) is 20.2 Å². The number of hydrogen-bond donors (Lipinski definition) is 2. The summed E-state index contributed by atoms with van der Waals surface area (Å²) in [5.74, 6) is -0.980. The highest BCUT2D eigenvalue weighted by Gasteiger charge is 2.43. The summed E-state index contributed by atoms with van der Waals surface area (Å²) in [5.41, 5.74) is 1.57. The first-order chi connectivity index (χ1) is 13.9. The number of halogens is 1. The Morgan fingerprint density at radius 2 is 2.07 bits per heavy atom. The number of rotatable bonds is 5. The first-order valence-electron chi connectivity index (χ1n) is 9.64. The minimum atomic E-state index is -0.679. The van der Waals surface area contributed by atoms with Gasteiger partial charge in [-0.05, 0) is 30.5 Å². The van der Waals surface area contributed by atoms with Crippen LogP contribution < -0.4 is 10.6 Å². The molecule has 1 saturated heterocycles. The van der Waals surface area contributed by atoms with Crippen molar-refractivity contribution in [2.24, 2.45) is 0 Å². The molecule has 0 aromatic heterocycles. The summed E-state index contributed by atoms with van der Waals surface area (Å²) in [4.78, 5) is 40.5. The fourth-order valence-corrected chi connectivity index (χ4v) is 3.92. The summed E-state index contributed by atoms with van der Waals surface area (Å²) in [6, 6.07) is 4.63. The molecule has 3 aliphatic heterocycles. The minimum Gasteiger partial charge on any atom is -0.376 e. The van der Waals surface area contributed by atoms with Crippen LogP contribution in [0.15, 0.2) is 35.5 Å². The molecule has 4 rings (SSSR count). The first kappa shape index (κ1) is 19.4. The summed E-state index contributed by atoms with van der Waals surface area (Å²) >= 11 is 0. The van der Waals surface area contributed by atoms with Crippen LogP contribution in [0.4, 0.5) is 9.18 Å². The van der Waals surface area contributed by atoms with Crippen LogP contribution in [-0.2, 0) is 14.3 Å². The number of amides is 4. The Morgan fingerprint density at radius 1 is 1.31 bits per heavy atom. The molecule has 0 spiro atoms. The summed E-state index contributed by atoms with van der Waals surface area (Å²) in [6.45, 7) is 1.20.